The minimum absolute atomic E-state index is 0.0317. The molecule has 1 amide bonds. The van der Waals surface area contributed by atoms with E-state index < -0.39 is 0 Å². The Morgan fingerprint density at radius 1 is 1.24 bits per heavy atom. The predicted octanol–water partition coefficient (Wildman–Crippen LogP) is 1.78. The van der Waals surface area contributed by atoms with Gasteiger partial charge in [-0.25, -0.2) is 0 Å². The summed E-state index contributed by atoms with van der Waals surface area (Å²) in [6.07, 6.45) is 0. The van der Waals surface area contributed by atoms with Gasteiger partial charge in [0.05, 0.1) is 32.1 Å². The van der Waals surface area contributed by atoms with E-state index in [1.54, 1.807) is 24.1 Å². The summed E-state index contributed by atoms with van der Waals surface area (Å²) < 4.78 is 15.4. The number of hydrogen-bond donors (Lipinski definition) is 1. The predicted molar refractivity (Wildman–Crippen MR) is 82.0 cm³/mol. The Labute approximate surface area is 125 Å². The molecule has 2 N–H and O–H groups in total. The van der Waals surface area contributed by atoms with E-state index in [2.05, 4.69) is 0 Å². The molecular formula is C15H24N2O4. The van der Waals surface area contributed by atoms with Gasteiger partial charge in [-0.3, -0.25) is 4.79 Å². The standard InChI is InChI=1S/C15H24N2O4/c1-10(2)17(6-7-19-3)15(18)12-8-11(20-4)9-13(21-5)14(12)16/h8-10H,6-7,16H2,1-5H3. The summed E-state index contributed by atoms with van der Waals surface area (Å²) in [4.78, 5) is 14.4. The molecule has 0 atom stereocenters. The first-order valence-corrected chi connectivity index (χ1v) is 6.77. The van der Waals surface area contributed by atoms with Crippen LogP contribution in [0.4, 0.5) is 5.69 Å². The normalized spacial score (nSPS) is 10.6. The molecule has 0 radical (unpaired) electrons. The highest BCUT2D eigenvalue weighted by molar-refractivity contribution is 6.01. The molecule has 0 aliphatic rings. The first kappa shape index (κ1) is 17.1. The van der Waals surface area contributed by atoms with Gasteiger partial charge in [0.2, 0.25) is 0 Å². The lowest BCUT2D eigenvalue weighted by atomic mass is 10.1. The lowest BCUT2D eigenvalue weighted by Gasteiger charge is -2.27. The van der Waals surface area contributed by atoms with Crippen LogP contribution in [0.5, 0.6) is 11.5 Å². The minimum Gasteiger partial charge on any atom is -0.497 e. The summed E-state index contributed by atoms with van der Waals surface area (Å²) >= 11 is 0. The summed E-state index contributed by atoms with van der Waals surface area (Å²) in [5, 5.41) is 0. The van der Waals surface area contributed by atoms with Crippen molar-refractivity contribution in [3.63, 3.8) is 0 Å². The highest BCUT2D eigenvalue weighted by atomic mass is 16.5. The van der Waals surface area contributed by atoms with Crippen LogP contribution >= 0.6 is 0 Å². The van der Waals surface area contributed by atoms with E-state index in [0.29, 0.717) is 35.9 Å². The number of hydrogen-bond acceptors (Lipinski definition) is 5. The molecule has 1 aromatic rings. The maximum absolute atomic E-state index is 12.7. The van der Waals surface area contributed by atoms with Gasteiger partial charge in [-0.1, -0.05) is 0 Å². The first-order valence-electron chi connectivity index (χ1n) is 6.77. The lowest BCUT2D eigenvalue weighted by molar-refractivity contribution is 0.0635. The van der Waals surface area contributed by atoms with Crippen molar-refractivity contribution in [2.75, 3.05) is 40.2 Å². The van der Waals surface area contributed by atoms with Crippen molar-refractivity contribution in [3.05, 3.63) is 17.7 Å². The summed E-state index contributed by atoms with van der Waals surface area (Å²) in [5.41, 5.74) is 6.71. The van der Waals surface area contributed by atoms with Crippen LogP contribution in [0.15, 0.2) is 12.1 Å². The fourth-order valence-corrected chi connectivity index (χ4v) is 2.00. The average Bonchev–Trinajstić information content (AvgIpc) is 2.47. The highest BCUT2D eigenvalue weighted by Gasteiger charge is 2.23. The molecule has 1 aromatic carbocycles. The Kier molecular flexibility index (Phi) is 6.30. The number of methoxy groups -OCH3 is 3. The Hall–Kier alpha value is -1.95. The van der Waals surface area contributed by atoms with Crippen LogP contribution in [0, 0.1) is 0 Å². The topological polar surface area (TPSA) is 74.0 Å². The Morgan fingerprint density at radius 2 is 1.90 bits per heavy atom. The van der Waals surface area contributed by atoms with Crippen molar-refractivity contribution in [1.29, 1.82) is 0 Å². The number of amides is 1. The lowest BCUT2D eigenvalue weighted by Crippen LogP contribution is -2.39. The molecule has 0 fully saturated rings. The van der Waals surface area contributed by atoms with E-state index in [0.717, 1.165) is 0 Å². The van der Waals surface area contributed by atoms with E-state index in [1.165, 1.54) is 14.2 Å². The van der Waals surface area contributed by atoms with E-state index in [-0.39, 0.29) is 11.9 Å². The summed E-state index contributed by atoms with van der Waals surface area (Å²) in [7, 11) is 4.64. The van der Waals surface area contributed by atoms with Crippen molar-refractivity contribution in [2.45, 2.75) is 19.9 Å². The number of nitrogen functional groups attached to an aromatic ring is 1. The molecule has 0 spiro atoms. The second kappa shape index (κ2) is 7.73. The molecule has 0 saturated heterocycles. The molecule has 0 aromatic heterocycles. The maximum atomic E-state index is 12.7. The van der Waals surface area contributed by atoms with Gasteiger partial charge in [-0.15, -0.1) is 0 Å². The number of carbonyl (C=O) groups is 1. The van der Waals surface area contributed by atoms with Gasteiger partial charge < -0.3 is 24.8 Å². The number of anilines is 1. The van der Waals surface area contributed by atoms with Gasteiger partial charge in [-0.05, 0) is 19.9 Å². The fourth-order valence-electron chi connectivity index (χ4n) is 2.00. The third-order valence-corrected chi connectivity index (χ3v) is 3.22. The number of benzene rings is 1. The molecule has 0 heterocycles. The van der Waals surface area contributed by atoms with Crippen LogP contribution in [0.3, 0.4) is 0 Å². The first-order chi connectivity index (χ1) is 9.96. The Balaban J connectivity index is 3.20. The molecule has 0 saturated carbocycles. The zero-order chi connectivity index (χ0) is 16.0. The van der Waals surface area contributed by atoms with Gasteiger partial charge in [0, 0.05) is 25.8 Å². The van der Waals surface area contributed by atoms with E-state index >= 15 is 0 Å². The summed E-state index contributed by atoms with van der Waals surface area (Å²) in [6, 6.07) is 3.31. The third-order valence-electron chi connectivity index (χ3n) is 3.22. The maximum Gasteiger partial charge on any atom is 0.256 e. The van der Waals surface area contributed by atoms with Crippen molar-refractivity contribution in [2.24, 2.45) is 0 Å². The summed E-state index contributed by atoms with van der Waals surface area (Å²) in [5.74, 6) is 0.782. The SMILES string of the molecule is COCCN(C(=O)c1cc(OC)cc(OC)c1N)C(C)C. The monoisotopic (exact) mass is 296 g/mol. The van der Waals surface area contributed by atoms with Gasteiger partial charge >= 0.3 is 0 Å². The molecule has 118 valence electrons. The fraction of sp³-hybridized carbons (Fsp3) is 0.533. The van der Waals surface area contributed by atoms with E-state index in [4.69, 9.17) is 19.9 Å². The van der Waals surface area contributed by atoms with E-state index in [9.17, 15) is 4.79 Å². The number of nitrogens with two attached hydrogens (primary N) is 1. The molecule has 0 bridgehead atoms. The van der Waals surface area contributed by atoms with Crippen LogP contribution in [0.25, 0.3) is 0 Å². The van der Waals surface area contributed by atoms with Gasteiger partial charge in [0.15, 0.2) is 0 Å². The minimum atomic E-state index is -0.170. The molecular weight excluding hydrogens is 272 g/mol. The van der Waals surface area contributed by atoms with Gasteiger partial charge in [-0.2, -0.15) is 0 Å². The largest absolute Gasteiger partial charge is 0.497 e. The Bertz CT molecular complexity index is 489. The van der Waals surface area contributed by atoms with Crippen molar-refractivity contribution in [1.82, 2.24) is 4.90 Å². The molecule has 21 heavy (non-hydrogen) atoms. The van der Waals surface area contributed by atoms with Crippen LogP contribution in [0.1, 0.15) is 24.2 Å². The van der Waals surface area contributed by atoms with Crippen LogP contribution < -0.4 is 15.2 Å². The third kappa shape index (κ3) is 4.01. The second-order valence-corrected chi connectivity index (χ2v) is 4.88. The highest BCUT2D eigenvalue weighted by Crippen LogP contribution is 2.32. The van der Waals surface area contributed by atoms with Crippen molar-refractivity contribution >= 4 is 11.6 Å². The number of nitrogens with zero attached hydrogens (tertiary/aromatic N) is 1. The van der Waals surface area contributed by atoms with Crippen LogP contribution in [-0.2, 0) is 4.74 Å². The molecule has 6 nitrogen and oxygen atoms in total. The zero-order valence-electron chi connectivity index (χ0n) is 13.3. The molecule has 0 aliphatic heterocycles. The molecule has 6 heteroatoms. The van der Waals surface area contributed by atoms with Gasteiger partial charge in [0.25, 0.3) is 5.91 Å². The number of rotatable bonds is 7. The van der Waals surface area contributed by atoms with Crippen LogP contribution in [-0.4, -0.2) is 51.3 Å². The second-order valence-electron chi connectivity index (χ2n) is 4.88. The summed E-state index contributed by atoms with van der Waals surface area (Å²) in [6.45, 7) is 4.85. The van der Waals surface area contributed by atoms with Crippen LogP contribution in [0.2, 0.25) is 0 Å². The van der Waals surface area contributed by atoms with E-state index in [1.807, 2.05) is 13.8 Å². The molecule has 0 unspecified atom stereocenters. The Morgan fingerprint density at radius 3 is 2.38 bits per heavy atom. The number of ether oxygens (including phenoxy) is 3. The molecule has 1 rings (SSSR count). The van der Waals surface area contributed by atoms with Gasteiger partial charge in [0.1, 0.15) is 11.5 Å². The number of carbonyl (C=O) groups excluding carboxylic acids is 1. The quantitative estimate of drug-likeness (QED) is 0.776. The average molecular weight is 296 g/mol. The zero-order valence-corrected chi connectivity index (χ0v) is 13.3. The smallest absolute Gasteiger partial charge is 0.256 e. The molecule has 0 aliphatic carbocycles. The van der Waals surface area contributed by atoms with Crippen molar-refractivity contribution < 1.29 is 19.0 Å². The van der Waals surface area contributed by atoms with Crippen molar-refractivity contribution in [3.8, 4) is 11.5 Å².